The summed E-state index contributed by atoms with van der Waals surface area (Å²) in [6.07, 6.45) is -1.04. The SMILES string of the molecule is COc1ccc([C@H]2O[C@@]3(C)OC(=N)[C@@]2(C#N)C(C#N)(C#N)[C@@H]3c2ccccc2)cc1. The summed E-state index contributed by atoms with van der Waals surface area (Å²) in [5.74, 6) is -2.22. The van der Waals surface area contributed by atoms with Crippen LogP contribution < -0.4 is 4.74 Å². The summed E-state index contributed by atoms with van der Waals surface area (Å²) in [5, 5.41) is 39.5. The molecule has 0 aromatic heterocycles. The van der Waals surface area contributed by atoms with Crippen molar-refractivity contribution in [1.29, 1.82) is 21.2 Å². The molecular formula is C23H18N4O3. The van der Waals surface area contributed by atoms with Gasteiger partial charge in [0.05, 0.1) is 31.2 Å². The van der Waals surface area contributed by atoms with Crippen LogP contribution in [0.3, 0.4) is 0 Å². The van der Waals surface area contributed by atoms with Crippen molar-refractivity contribution in [2.45, 2.75) is 24.7 Å². The number of nitrogens with one attached hydrogen (secondary N) is 1. The van der Waals surface area contributed by atoms with Crippen molar-refractivity contribution in [1.82, 2.24) is 0 Å². The third kappa shape index (κ3) is 2.23. The largest absolute Gasteiger partial charge is 0.497 e. The number of hydrogen-bond acceptors (Lipinski definition) is 7. The van der Waals surface area contributed by atoms with E-state index in [0.717, 1.165) is 0 Å². The summed E-state index contributed by atoms with van der Waals surface area (Å²) >= 11 is 0. The number of rotatable bonds is 3. The Morgan fingerprint density at radius 2 is 1.57 bits per heavy atom. The van der Waals surface area contributed by atoms with E-state index in [9.17, 15) is 15.8 Å². The quantitative estimate of drug-likeness (QED) is 0.838. The number of methoxy groups -OCH3 is 1. The van der Waals surface area contributed by atoms with Crippen LogP contribution in [0.25, 0.3) is 0 Å². The second kappa shape index (κ2) is 6.59. The first-order valence-corrected chi connectivity index (χ1v) is 9.31. The van der Waals surface area contributed by atoms with E-state index in [0.29, 0.717) is 16.9 Å². The second-order valence-electron chi connectivity index (χ2n) is 7.51. The lowest BCUT2D eigenvalue weighted by molar-refractivity contribution is -0.323. The molecule has 2 aromatic carbocycles. The first-order chi connectivity index (χ1) is 14.4. The lowest BCUT2D eigenvalue weighted by atomic mass is 9.49. The third-order valence-corrected chi connectivity index (χ3v) is 6.07. The van der Waals surface area contributed by atoms with Gasteiger partial charge in [-0.05, 0) is 23.3 Å². The van der Waals surface area contributed by atoms with E-state index in [1.165, 1.54) is 7.11 Å². The average Bonchev–Trinajstić information content (AvgIpc) is 2.78. The van der Waals surface area contributed by atoms with Crippen LogP contribution in [0.2, 0.25) is 0 Å². The zero-order chi connectivity index (χ0) is 21.6. The van der Waals surface area contributed by atoms with Crippen molar-refractivity contribution in [3.05, 3.63) is 65.7 Å². The maximum absolute atomic E-state index is 10.3. The van der Waals surface area contributed by atoms with Gasteiger partial charge in [-0.25, -0.2) is 0 Å². The molecule has 5 rings (SSSR count). The van der Waals surface area contributed by atoms with Crippen molar-refractivity contribution in [2.75, 3.05) is 7.11 Å². The average molecular weight is 398 g/mol. The topological polar surface area (TPSA) is 123 Å². The molecule has 0 spiro atoms. The van der Waals surface area contributed by atoms with E-state index in [1.54, 1.807) is 55.5 Å². The standard InChI is InChI=1S/C23H18N4O3/c1-21-18(15-6-4-3-5-7-15)22(12-24,13-25)23(14-26,20(27)30-21)19(29-21)16-8-10-17(28-2)11-9-16/h3-11,18-19,27H,1-2H3/t18-,19-,21+,23+/m1/s1. The van der Waals surface area contributed by atoms with Crippen LogP contribution in [0.1, 0.15) is 30.1 Å². The van der Waals surface area contributed by atoms with Gasteiger partial charge in [-0.2, -0.15) is 15.8 Å². The zero-order valence-electron chi connectivity index (χ0n) is 16.4. The first kappa shape index (κ1) is 19.5. The van der Waals surface area contributed by atoms with Gasteiger partial charge >= 0.3 is 0 Å². The van der Waals surface area contributed by atoms with E-state index < -0.39 is 34.5 Å². The summed E-state index contributed by atoms with van der Waals surface area (Å²) in [5.41, 5.74) is -2.68. The number of nitriles is 3. The Bertz CT molecular complexity index is 1110. The number of nitrogens with zero attached hydrogens (tertiary/aromatic N) is 3. The molecule has 3 heterocycles. The molecule has 0 saturated carbocycles. The normalized spacial score (nSPS) is 31.0. The summed E-state index contributed by atoms with van der Waals surface area (Å²) < 4.78 is 17.3. The Morgan fingerprint density at radius 3 is 2.10 bits per heavy atom. The molecule has 30 heavy (non-hydrogen) atoms. The van der Waals surface area contributed by atoms with Gasteiger partial charge in [-0.1, -0.05) is 42.5 Å². The highest BCUT2D eigenvalue weighted by molar-refractivity contribution is 5.89. The Morgan fingerprint density at radius 1 is 0.933 bits per heavy atom. The fraction of sp³-hybridized carbons (Fsp3) is 0.304. The first-order valence-electron chi connectivity index (χ1n) is 9.31. The van der Waals surface area contributed by atoms with Gasteiger partial charge in [0.1, 0.15) is 11.9 Å². The summed E-state index contributed by atoms with van der Waals surface area (Å²) in [4.78, 5) is 0. The van der Waals surface area contributed by atoms with Gasteiger partial charge in [0.25, 0.3) is 0 Å². The summed E-state index contributed by atoms with van der Waals surface area (Å²) in [6, 6.07) is 22.0. The minimum Gasteiger partial charge on any atom is -0.497 e. The predicted octanol–water partition coefficient (Wildman–Crippen LogP) is 3.82. The monoisotopic (exact) mass is 398 g/mol. The number of hydrogen-bond donors (Lipinski definition) is 1. The molecule has 0 unspecified atom stereocenters. The van der Waals surface area contributed by atoms with Crippen molar-refractivity contribution < 1.29 is 14.2 Å². The molecule has 3 aliphatic rings. The molecule has 0 amide bonds. The molecule has 148 valence electrons. The molecule has 2 aromatic rings. The molecule has 3 fully saturated rings. The molecular weight excluding hydrogens is 380 g/mol. The van der Waals surface area contributed by atoms with Gasteiger partial charge in [0, 0.05) is 6.92 Å². The highest BCUT2D eigenvalue weighted by atomic mass is 16.7. The third-order valence-electron chi connectivity index (χ3n) is 6.07. The fourth-order valence-electron chi connectivity index (χ4n) is 4.71. The Labute approximate surface area is 174 Å². The minimum atomic E-state index is -1.96. The van der Waals surface area contributed by atoms with Crippen LogP contribution in [0, 0.1) is 50.2 Å². The number of ether oxygens (including phenoxy) is 3. The van der Waals surface area contributed by atoms with E-state index in [1.807, 2.05) is 6.07 Å². The van der Waals surface area contributed by atoms with E-state index in [2.05, 4.69) is 18.2 Å². The smallest absolute Gasteiger partial charge is 0.219 e. The van der Waals surface area contributed by atoms with Crippen LogP contribution in [0.4, 0.5) is 0 Å². The van der Waals surface area contributed by atoms with Gasteiger partial charge in [-0.3, -0.25) is 5.41 Å². The van der Waals surface area contributed by atoms with Gasteiger partial charge in [0.15, 0.2) is 10.8 Å². The molecule has 7 heteroatoms. The van der Waals surface area contributed by atoms with Crippen LogP contribution in [-0.4, -0.2) is 18.8 Å². The van der Waals surface area contributed by atoms with E-state index in [4.69, 9.17) is 19.6 Å². The van der Waals surface area contributed by atoms with E-state index in [-0.39, 0.29) is 0 Å². The molecule has 2 bridgehead atoms. The van der Waals surface area contributed by atoms with Crippen LogP contribution >= 0.6 is 0 Å². The highest BCUT2D eigenvalue weighted by Gasteiger charge is 2.79. The maximum Gasteiger partial charge on any atom is 0.219 e. The van der Waals surface area contributed by atoms with E-state index >= 15 is 0 Å². The molecule has 0 radical (unpaired) electrons. The molecule has 1 N–H and O–H groups in total. The Hall–Kier alpha value is -3.86. The lowest BCUT2D eigenvalue weighted by Crippen LogP contribution is -2.70. The Balaban J connectivity index is 2.00. The number of fused-ring (bicyclic) bond motifs is 3. The van der Waals surface area contributed by atoms with Gasteiger partial charge < -0.3 is 14.2 Å². The number of benzene rings is 2. The lowest BCUT2D eigenvalue weighted by Gasteiger charge is -2.61. The van der Waals surface area contributed by atoms with Gasteiger partial charge in [-0.15, -0.1) is 0 Å². The van der Waals surface area contributed by atoms with Crippen LogP contribution in [0.15, 0.2) is 54.6 Å². The highest BCUT2D eigenvalue weighted by Crippen LogP contribution is 2.69. The maximum atomic E-state index is 10.3. The predicted molar refractivity (Wildman–Crippen MR) is 105 cm³/mol. The molecule has 3 aliphatic heterocycles. The van der Waals surface area contributed by atoms with Crippen LogP contribution in [0.5, 0.6) is 5.75 Å². The van der Waals surface area contributed by atoms with Crippen molar-refractivity contribution in [3.63, 3.8) is 0 Å². The zero-order valence-corrected chi connectivity index (χ0v) is 16.4. The molecule has 4 atom stereocenters. The van der Waals surface area contributed by atoms with Crippen molar-refractivity contribution in [2.24, 2.45) is 10.8 Å². The summed E-state index contributed by atoms with van der Waals surface area (Å²) in [6.45, 7) is 1.61. The minimum absolute atomic E-state index is 0.435. The van der Waals surface area contributed by atoms with Crippen molar-refractivity contribution >= 4 is 5.90 Å². The van der Waals surface area contributed by atoms with Gasteiger partial charge in [0.2, 0.25) is 11.7 Å². The fourth-order valence-corrected chi connectivity index (χ4v) is 4.71. The Kier molecular flexibility index (Phi) is 4.28. The second-order valence-corrected chi connectivity index (χ2v) is 7.51. The van der Waals surface area contributed by atoms with Crippen LogP contribution in [-0.2, 0) is 9.47 Å². The summed E-state index contributed by atoms with van der Waals surface area (Å²) in [7, 11) is 1.54. The molecule has 3 saturated heterocycles. The molecule has 0 aliphatic carbocycles. The molecule has 7 nitrogen and oxygen atoms in total. The van der Waals surface area contributed by atoms with Crippen molar-refractivity contribution in [3.8, 4) is 24.0 Å².